The number of hydrogen-bond donors (Lipinski definition) is 2. The largest absolute Gasteiger partial charge is 0.356 e. The van der Waals surface area contributed by atoms with Crippen LogP contribution in [0.1, 0.15) is 60.3 Å². The van der Waals surface area contributed by atoms with Crippen molar-refractivity contribution in [3.05, 3.63) is 0 Å². The lowest BCUT2D eigenvalue weighted by Crippen LogP contribution is -2.42. The maximum absolute atomic E-state index is 4.33. The maximum Gasteiger partial charge on any atom is 0.191 e. The zero-order valence-corrected chi connectivity index (χ0v) is 17.7. The van der Waals surface area contributed by atoms with Crippen LogP contribution in [-0.2, 0) is 0 Å². The van der Waals surface area contributed by atoms with Gasteiger partial charge in [0.2, 0.25) is 0 Å². The summed E-state index contributed by atoms with van der Waals surface area (Å²) in [7, 11) is 1.86. The molecule has 0 aliphatic heterocycles. The first-order chi connectivity index (χ1) is 9.99. The molecule has 1 fully saturated rings. The molecule has 0 spiro atoms. The third kappa shape index (κ3) is 7.99. The lowest BCUT2D eigenvalue weighted by Gasteiger charge is -2.30. The minimum Gasteiger partial charge on any atom is -0.356 e. The Morgan fingerprint density at radius 1 is 1.23 bits per heavy atom. The van der Waals surface area contributed by atoms with E-state index in [0.29, 0.717) is 18.1 Å². The van der Waals surface area contributed by atoms with Crippen LogP contribution in [-0.4, -0.2) is 49.1 Å². The van der Waals surface area contributed by atoms with E-state index in [2.05, 4.69) is 55.1 Å². The molecule has 2 atom stereocenters. The molecule has 0 amide bonds. The Balaban J connectivity index is 0.00000441. The third-order valence-electron chi connectivity index (χ3n) is 4.34. The van der Waals surface area contributed by atoms with E-state index in [9.17, 15) is 0 Å². The molecule has 132 valence electrons. The number of nitrogens with zero attached hydrogens (tertiary/aromatic N) is 2. The summed E-state index contributed by atoms with van der Waals surface area (Å²) in [6.07, 6.45) is 5.09. The monoisotopic (exact) mass is 424 g/mol. The van der Waals surface area contributed by atoms with E-state index in [-0.39, 0.29) is 24.0 Å². The van der Waals surface area contributed by atoms with E-state index in [1.165, 1.54) is 19.3 Å². The summed E-state index contributed by atoms with van der Waals surface area (Å²) in [6, 6.07) is 1.88. The molecule has 5 heteroatoms. The average molecular weight is 424 g/mol. The normalized spacial score (nSPS) is 21.2. The number of guanidine groups is 1. The molecule has 0 radical (unpaired) electrons. The number of nitrogens with one attached hydrogen (secondary N) is 2. The van der Waals surface area contributed by atoms with E-state index >= 15 is 0 Å². The van der Waals surface area contributed by atoms with E-state index in [1.54, 1.807) is 0 Å². The van der Waals surface area contributed by atoms with Crippen molar-refractivity contribution in [2.24, 2.45) is 10.9 Å². The smallest absolute Gasteiger partial charge is 0.191 e. The van der Waals surface area contributed by atoms with Crippen LogP contribution in [0.5, 0.6) is 0 Å². The van der Waals surface area contributed by atoms with E-state index < -0.39 is 0 Å². The van der Waals surface area contributed by atoms with Crippen LogP contribution in [0.3, 0.4) is 0 Å². The molecule has 2 unspecified atom stereocenters. The fourth-order valence-electron chi connectivity index (χ4n) is 3.07. The molecule has 0 bridgehead atoms. The summed E-state index contributed by atoms with van der Waals surface area (Å²) in [4.78, 5) is 6.87. The van der Waals surface area contributed by atoms with Crippen LogP contribution in [0.2, 0.25) is 0 Å². The zero-order chi connectivity index (χ0) is 15.8. The number of aliphatic imine (C=N–C) groups is 1. The summed E-state index contributed by atoms with van der Waals surface area (Å²) < 4.78 is 0. The first-order valence-corrected chi connectivity index (χ1v) is 8.72. The van der Waals surface area contributed by atoms with Crippen LogP contribution < -0.4 is 10.6 Å². The van der Waals surface area contributed by atoms with Gasteiger partial charge in [-0.15, -0.1) is 24.0 Å². The van der Waals surface area contributed by atoms with Gasteiger partial charge in [-0.2, -0.15) is 0 Å². The van der Waals surface area contributed by atoms with Gasteiger partial charge in [0, 0.05) is 38.3 Å². The van der Waals surface area contributed by atoms with Crippen molar-refractivity contribution in [2.45, 2.75) is 78.4 Å². The standard InChI is InChI=1S/C17H36N4.HI/c1-7-9-15-12-16(15)20-17(18-6)19-10-8-11-21(13(2)3)14(4)5;/h13-16H,7-12H2,1-6H3,(H2,18,19,20);1H. The number of halogens is 1. The molecular formula is C17H37IN4. The predicted molar refractivity (Wildman–Crippen MR) is 108 cm³/mol. The molecule has 1 rings (SSSR count). The van der Waals surface area contributed by atoms with Gasteiger partial charge >= 0.3 is 0 Å². The molecular weight excluding hydrogens is 387 g/mol. The van der Waals surface area contributed by atoms with Gasteiger partial charge in [-0.05, 0) is 52.9 Å². The highest BCUT2D eigenvalue weighted by Crippen LogP contribution is 2.34. The van der Waals surface area contributed by atoms with Crippen LogP contribution >= 0.6 is 24.0 Å². The number of hydrogen-bond acceptors (Lipinski definition) is 2. The Kier molecular flexibility index (Phi) is 11.5. The van der Waals surface area contributed by atoms with Crippen molar-refractivity contribution >= 4 is 29.9 Å². The zero-order valence-electron chi connectivity index (χ0n) is 15.4. The molecule has 1 saturated carbocycles. The van der Waals surface area contributed by atoms with Gasteiger partial charge in [-0.25, -0.2) is 0 Å². The topological polar surface area (TPSA) is 39.7 Å². The molecule has 1 aliphatic rings. The molecule has 22 heavy (non-hydrogen) atoms. The molecule has 1 aliphatic carbocycles. The molecule has 0 saturated heterocycles. The predicted octanol–water partition coefficient (Wildman–Crippen LogP) is 3.47. The van der Waals surface area contributed by atoms with Gasteiger partial charge < -0.3 is 10.6 Å². The summed E-state index contributed by atoms with van der Waals surface area (Å²) >= 11 is 0. The van der Waals surface area contributed by atoms with Gasteiger partial charge in [-0.1, -0.05) is 13.3 Å². The summed E-state index contributed by atoms with van der Waals surface area (Å²) in [5, 5.41) is 6.98. The molecule has 2 N–H and O–H groups in total. The Hall–Kier alpha value is -0.0400. The summed E-state index contributed by atoms with van der Waals surface area (Å²) in [5.41, 5.74) is 0. The second-order valence-corrected chi connectivity index (χ2v) is 6.81. The van der Waals surface area contributed by atoms with Crippen molar-refractivity contribution < 1.29 is 0 Å². The minimum atomic E-state index is 0. The van der Waals surface area contributed by atoms with E-state index in [0.717, 1.165) is 31.4 Å². The molecule has 0 aromatic rings. The van der Waals surface area contributed by atoms with E-state index in [4.69, 9.17) is 0 Å². The molecule has 0 heterocycles. The van der Waals surface area contributed by atoms with E-state index in [1.807, 2.05) is 7.05 Å². The lowest BCUT2D eigenvalue weighted by molar-refractivity contribution is 0.173. The van der Waals surface area contributed by atoms with Crippen molar-refractivity contribution in [2.75, 3.05) is 20.1 Å². The quantitative estimate of drug-likeness (QED) is 0.258. The second kappa shape index (κ2) is 11.5. The number of rotatable bonds is 9. The second-order valence-electron chi connectivity index (χ2n) is 6.81. The van der Waals surface area contributed by atoms with Gasteiger partial charge in [0.15, 0.2) is 5.96 Å². The van der Waals surface area contributed by atoms with Gasteiger partial charge in [0.05, 0.1) is 0 Å². The van der Waals surface area contributed by atoms with Gasteiger partial charge in [-0.3, -0.25) is 9.89 Å². The highest BCUT2D eigenvalue weighted by molar-refractivity contribution is 14.0. The molecule has 0 aromatic carbocycles. The van der Waals surface area contributed by atoms with Crippen molar-refractivity contribution in [1.29, 1.82) is 0 Å². The molecule has 0 aromatic heterocycles. The maximum atomic E-state index is 4.33. The Labute approximate surface area is 154 Å². The highest BCUT2D eigenvalue weighted by atomic mass is 127. The minimum absolute atomic E-state index is 0. The van der Waals surface area contributed by atoms with Gasteiger partial charge in [0.1, 0.15) is 0 Å². The Bertz CT molecular complexity index is 310. The molecule has 4 nitrogen and oxygen atoms in total. The average Bonchev–Trinajstić information content (AvgIpc) is 3.14. The van der Waals surface area contributed by atoms with Crippen molar-refractivity contribution in [3.8, 4) is 0 Å². The first kappa shape index (κ1) is 22.0. The Morgan fingerprint density at radius 3 is 2.36 bits per heavy atom. The van der Waals surface area contributed by atoms with Gasteiger partial charge in [0.25, 0.3) is 0 Å². The highest BCUT2D eigenvalue weighted by Gasteiger charge is 2.36. The van der Waals surface area contributed by atoms with Crippen LogP contribution in [0.4, 0.5) is 0 Å². The first-order valence-electron chi connectivity index (χ1n) is 8.72. The van der Waals surface area contributed by atoms with Crippen molar-refractivity contribution in [3.63, 3.8) is 0 Å². The summed E-state index contributed by atoms with van der Waals surface area (Å²) in [6.45, 7) is 13.5. The van der Waals surface area contributed by atoms with Crippen LogP contribution in [0.15, 0.2) is 4.99 Å². The van der Waals surface area contributed by atoms with Crippen LogP contribution in [0, 0.1) is 5.92 Å². The SMILES string of the molecule is CCCC1CC1NC(=NC)NCCCN(C(C)C)C(C)C.I. The Morgan fingerprint density at radius 2 is 1.86 bits per heavy atom. The third-order valence-corrected chi connectivity index (χ3v) is 4.34. The summed E-state index contributed by atoms with van der Waals surface area (Å²) in [5.74, 6) is 1.84. The fourth-order valence-corrected chi connectivity index (χ4v) is 3.07. The lowest BCUT2D eigenvalue weighted by atomic mass is 10.2. The van der Waals surface area contributed by atoms with Crippen LogP contribution in [0.25, 0.3) is 0 Å². The van der Waals surface area contributed by atoms with Crippen molar-refractivity contribution in [1.82, 2.24) is 15.5 Å². The fraction of sp³-hybridized carbons (Fsp3) is 0.941.